The molecule has 1 saturated carbocycles. The average Bonchev–Trinajstić information content (AvgIpc) is 2.65. The minimum absolute atomic E-state index is 0.106. The number of hydrogen-bond donors (Lipinski definition) is 2. The summed E-state index contributed by atoms with van der Waals surface area (Å²) in [4.78, 5) is 5.69. The Hall–Kier alpha value is -1.29. The third kappa shape index (κ3) is 3.06. The van der Waals surface area contributed by atoms with E-state index in [9.17, 15) is 17.2 Å². The summed E-state index contributed by atoms with van der Waals surface area (Å²) in [5.74, 6) is -2.75. The molecular weight excluding hydrogens is 292 g/mol. The van der Waals surface area contributed by atoms with Gasteiger partial charge in [-0.3, -0.25) is 5.10 Å². The second-order valence-corrected chi connectivity index (χ2v) is 7.31. The second kappa shape index (κ2) is 4.62. The number of aromatic nitrogens is 3. The Morgan fingerprint density at radius 2 is 2.05 bits per heavy atom. The molecule has 1 aromatic heterocycles. The van der Waals surface area contributed by atoms with Gasteiger partial charge in [-0.15, -0.1) is 5.10 Å². The van der Waals surface area contributed by atoms with Crippen molar-refractivity contribution < 1.29 is 17.2 Å². The molecule has 114 valence electrons. The average molecular weight is 309 g/mol. The lowest BCUT2D eigenvalue weighted by molar-refractivity contribution is 0.0769. The van der Waals surface area contributed by atoms with Crippen LogP contribution in [-0.2, 0) is 16.6 Å². The van der Waals surface area contributed by atoms with E-state index < -0.39 is 33.5 Å². The van der Waals surface area contributed by atoms with E-state index in [0.29, 0.717) is 11.8 Å². The van der Waals surface area contributed by atoms with Crippen molar-refractivity contribution in [3.63, 3.8) is 0 Å². The summed E-state index contributed by atoms with van der Waals surface area (Å²) >= 11 is 0. The number of alkyl halides is 2. The van der Waals surface area contributed by atoms with Gasteiger partial charge < -0.3 is 4.90 Å². The van der Waals surface area contributed by atoms with Crippen LogP contribution in [0.2, 0.25) is 0 Å². The van der Waals surface area contributed by atoms with Crippen molar-refractivity contribution in [3.8, 4) is 0 Å². The van der Waals surface area contributed by atoms with E-state index >= 15 is 0 Å². The van der Waals surface area contributed by atoms with E-state index in [1.165, 1.54) is 6.92 Å². The second-order valence-electron chi connectivity index (χ2n) is 5.50. The standard InChI is InChI=1S/C10H17F2N5O2S/c1-9(5-10(9,11)12)6-20(18,19)13-4-7-14-8(16-15-7)17(2)3/h13H,4-6H2,1-3H3,(H,14,15,16). The van der Waals surface area contributed by atoms with E-state index in [4.69, 9.17) is 0 Å². The molecular formula is C10H17F2N5O2S. The van der Waals surface area contributed by atoms with Gasteiger partial charge in [0.1, 0.15) is 5.82 Å². The van der Waals surface area contributed by atoms with Crippen LogP contribution in [0.15, 0.2) is 0 Å². The Balaban J connectivity index is 1.92. The number of H-pyrrole nitrogens is 1. The van der Waals surface area contributed by atoms with E-state index in [2.05, 4.69) is 19.9 Å². The van der Waals surface area contributed by atoms with Gasteiger partial charge in [-0.05, 0) is 0 Å². The zero-order valence-electron chi connectivity index (χ0n) is 11.4. The summed E-state index contributed by atoms with van der Waals surface area (Å²) in [6.07, 6.45) is -0.395. The van der Waals surface area contributed by atoms with Gasteiger partial charge in [0.15, 0.2) is 0 Å². The number of rotatable bonds is 6. The topological polar surface area (TPSA) is 91.0 Å². The minimum atomic E-state index is -3.79. The number of halogens is 2. The van der Waals surface area contributed by atoms with Crippen molar-refractivity contribution in [2.24, 2.45) is 5.41 Å². The highest BCUT2D eigenvalue weighted by Gasteiger charge is 2.69. The Labute approximate surface area is 115 Å². The first-order valence-electron chi connectivity index (χ1n) is 5.98. The molecule has 10 heteroatoms. The van der Waals surface area contributed by atoms with Crippen LogP contribution in [0.4, 0.5) is 14.7 Å². The number of sulfonamides is 1. The molecule has 2 N–H and O–H groups in total. The van der Waals surface area contributed by atoms with Crippen LogP contribution in [0, 0.1) is 5.41 Å². The van der Waals surface area contributed by atoms with Gasteiger partial charge in [0.25, 0.3) is 5.92 Å². The van der Waals surface area contributed by atoms with Crippen molar-refractivity contribution in [2.45, 2.75) is 25.8 Å². The van der Waals surface area contributed by atoms with E-state index in [-0.39, 0.29) is 6.54 Å². The molecule has 20 heavy (non-hydrogen) atoms. The molecule has 0 aliphatic heterocycles. The van der Waals surface area contributed by atoms with Crippen LogP contribution < -0.4 is 9.62 Å². The molecule has 0 spiro atoms. The zero-order chi connectivity index (χ0) is 15.2. The Bertz CT molecular complexity index is 601. The maximum Gasteiger partial charge on any atom is 0.255 e. The number of nitrogens with one attached hydrogen (secondary N) is 2. The lowest BCUT2D eigenvalue weighted by atomic mass is 10.2. The molecule has 7 nitrogen and oxygen atoms in total. The van der Waals surface area contributed by atoms with E-state index in [1.54, 1.807) is 19.0 Å². The highest BCUT2D eigenvalue weighted by atomic mass is 32.2. The number of anilines is 1. The van der Waals surface area contributed by atoms with Crippen LogP contribution in [0.1, 0.15) is 19.2 Å². The maximum atomic E-state index is 13.0. The summed E-state index contributed by atoms with van der Waals surface area (Å²) in [5, 5.41) is 6.44. The summed E-state index contributed by atoms with van der Waals surface area (Å²) in [6.45, 7) is 1.16. The largest absolute Gasteiger partial charge is 0.346 e. The van der Waals surface area contributed by atoms with Crippen molar-refractivity contribution in [1.82, 2.24) is 19.9 Å². The van der Waals surface area contributed by atoms with Gasteiger partial charge in [0.2, 0.25) is 16.0 Å². The summed E-state index contributed by atoms with van der Waals surface area (Å²) in [5.41, 5.74) is -1.46. The third-order valence-electron chi connectivity index (χ3n) is 3.26. The molecule has 1 unspecified atom stereocenters. The normalized spacial score (nSPS) is 24.6. The predicted molar refractivity (Wildman–Crippen MR) is 69.0 cm³/mol. The highest BCUT2D eigenvalue weighted by Crippen LogP contribution is 2.60. The first kappa shape index (κ1) is 15.1. The molecule has 2 rings (SSSR count). The zero-order valence-corrected chi connectivity index (χ0v) is 12.3. The minimum Gasteiger partial charge on any atom is -0.346 e. The summed E-state index contributed by atoms with van der Waals surface area (Å²) < 4.78 is 51.9. The van der Waals surface area contributed by atoms with Crippen molar-refractivity contribution in [1.29, 1.82) is 0 Å². The number of nitrogens with zero attached hydrogens (tertiary/aromatic N) is 3. The fourth-order valence-corrected chi connectivity index (χ4v) is 3.43. The lowest BCUT2D eigenvalue weighted by Crippen LogP contribution is -2.31. The molecule has 1 heterocycles. The smallest absolute Gasteiger partial charge is 0.255 e. The first-order valence-corrected chi connectivity index (χ1v) is 7.64. The van der Waals surface area contributed by atoms with Gasteiger partial charge >= 0.3 is 0 Å². The Morgan fingerprint density at radius 3 is 2.50 bits per heavy atom. The van der Waals surface area contributed by atoms with Crippen LogP contribution in [0.3, 0.4) is 0 Å². The monoisotopic (exact) mass is 309 g/mol. The Morgan fingerprint density at radius 1 is 1.45 bits per heavy atom. The van der Waals surface area contributed by atoms with Crippen LogP contribution in [0.5, 0.6) is 0 Å². The SMILES string of the molecule is CN(C)c1n[nH]c(CNS(=O)(=O)CC2(C)CC2(F)F)n1. The highest BCUT2D eigenvalue weighted by molar-refractivity contribution is 7.89. The van der Waals surface area contributed by atoms with E-state index in [1.807, 2.05) is 0 Å². The fourth-order valence-electron chi connectivity index (χ4n) is 1.82. The lowest BCUT2D eigenvalue weighted by Gasteiger charge is -2.11. The molecule has 1 aromatic rings. The summed E-state index contributed by atoms with van der Waals surface area (Å²) in [6, 6.07) is 0. The number of aromatic amines is 1. The van der Waals surface area contributed by atoms with Gasteiger partial charge in [0, 0.05) is 20.5 Å². The third-order valence-corrected chi connectivity index (χ3v) is 4.86. The molecule has 1 aliphatic carbocycles. The number of hydrogen-bond acceptors (Lipinski definition) is 5. The van der Waals surface area contributed by atoms with Crippen LogP contribution >= 0.6 is 0 Å². The van der Waals surface area contributed by atoms with Gasteiger partial charge in [-0.25, -0.2) is 21.9 Å². The molecule has 0 amide bonds. The van der Waals surface area contributed by atoms with E-state index in [0.717, 1.165) is 0 Å². The van der Waals surface area contributed by atoms with Crippen LogP contribution in [0.25, 0.3) is 0 Å². The molecule has 1 atom stereocenters. The summed E-state index contributed by atoms with van der Waals surface area (Å²) in [7, 11) is -0.302. The predicted octanol–water partition coefficient (Wildman–Crippen LogP) is 0.335. The van der Waals surface area contributed by atoms with Gasteiger partial charge in [-0.1, -0.05) is 6.92 Å². The van der Waals surface area contributed by atoms with Crippen molar-refractivity contribution >= 4 is 16.0 Å². The molecule has 0 bridgehead atoms. The van der Waals surface area contributed by atoms with Crippen molar-refractivity contribution in [3.05, 3.63) is 5.82 Å². The molecule has 0 aromatic carbocycles. The van der Waals surface area contributed by atoms with Crippen molar-refractivity contribution in [2.75, 3.05) is 24.7 Å². The molecule has 1 fully saturated rings. The van der Waals surface area contributed by atoms with Crippen LogP contribution in [-0.4, -0.2) is 49.4 Å². The fraction of sp³-hybridized carbons (Fsp3) is 0.800. The Kier molecular flexibility index (Phi) is 3.49. The van der Waals surface area contributed by atoms with Gasteiger partial charge in [-0.2, -0.15) is 4.98 Å². The molecule has 0 saturated heterocycles. The first-order chi connectivity index (χ1) is 9.05. The molecule has 0 radical (unpaired) electrons. The molecule has 1 aliphatic rings. The van der Waals surface area contributed by atoms with Gasteiger partial charge in [0.05, 0.1) is 17.7 Å². The maximum absolute atomic E-state index is 13.0. The quantitative estimate of drug-likeness (QED) is 0.790.